The number of carbonyl (C=O) groups excluding carboxylic acids is 2. The summed E-state index contributed by atoms with van der Waals surface area (Å²) in [5, 5.41) is 11.1. The third-order valence-corrected chi connectivity index (χ3v) is 3.89. The van der Waals surface area contributed by atoms with Gasteiger partial charge in [0.1, 0.15) is 11.4 Å². The molecule has 2 rings (SSSR count). The van der Waals surface area contributed by atoms with Crippen molar-refractivity contribution < 1.29 is 23.8 Å². The summed E-state index contributed by atoms with van der Waals surface area (Å²) >= 11 is 0. The highest BCUT2D eigenvalue weighted by atomic mass is 16.5. The number of hydrogen-bond acceptors (Lipinski definition) is 5. The summed E-state index contributed by atoms with van der Waals surface area (Å²) < 4.78 is 10.0. The Labute approximate surface area is 117 Å². The van der Waals surface area contributed by atoms with Crippen LogP contribution in [0.1, 0.15) is 43.5 Å². The molecular weight excluding hydrogens is 260 g/mol. The van der Waals surface area contributed by atoms with E-state index < -0.39 is 17.0 Å². The van der Waals surface area contributed by atoms with Gasteiger partial charge in [-0.1, -0.05) is 13.8 Å². The third kappa shape index (κ3) is 1.98. The minimum atomic E-state index is -1.42. The lowest BCUT2D eigenvalue weighted by Gasteiger charge is -2.44. The molecule has 0 aliphatic heterocycles. The number of allylic oxidation sites excluding steroid dienone is 1. The molecular formula is C15H18O5. The number of ketones is 1. The van der Waals surface area contributed by atoms with Gasteiger partial charge in [0.15, 0.2) is 5.78 Å². The van der Waals surface area contributed by atoms with Crippen molar-refractivity contribution in [1.29, 1.82) is 0 Å². The van der Waals surface area contributed by atoms with Gasteiger partial charge in [0, 0.05) is 11.8 Å². The molecule has 0 saturated heterocycles. The molecule has 0 spiro atoms. The Bertz CT molecular complexity index is 593. The molecule has 0 fully saturated rings. The predicted molar refractivity (Wildman–Crippen MR) is 71.1 cm³/mol. The van der Waals surface area contributed by atoms with E-state index in [-0.39, 0.29) is 23.7 Å². The number of rotatable bonds is 2. The van der Waals surface area contributed by atoms with E-state index in [0.717, 1.165) is 0 Å². The monoisotopic (exact) mass is 278 g/mol. The Balaban J connectivity index is 2.53. The quantitative estimate of drug-likeness (QED) is 0.839. The van der Waals surface area contributed by atoms with Gasteiger partial charge in [-0.15, -0.1) is 0 Å². The largest absolute Gasteiger partial charge is 0.463 e. The first kappa shape index (κ1) is 14.5. The van der Waals surface area contributed by atoms with E-state index >= 15 is 0 Å². The van der Waals surface area contributed by atoms with Crippen LogP contribution >= 0.6 is 0 Å². The number of esters is 1. The van der Waals surface area contributed by atoms with Crippen LogP contribution < -0.4 is 0 Å². The highest BCUT2D eigenvalue weighted by Crippen LogP contribution is 2.50. The van der Waals surface area contributed by atoms with Gasteiger partial charge in [-0.3, -0.25) is 4.79 Å². The van der Waals surface area contributed by atoms with Crippen molar-refractivity contribution in [3.8, 4) is 0 Å². The normalized spacial score (nSPS) is 25.2. The van der Waals surface area contributed by atoms with Crippen molar-refractivity contribution in [1.82, 2.24) is 0 Å². The molecule has 0 saturated carbocycles. The summed E-state index contributed by atoms with van der Waals surface area (Å²) in [5.74, 6) is -0.372. The van der Waals surface area contributed by atoms with Crippen molar-refractivity contribution in [3.63, 3.8) is 0 Å². The standard InChI is InChI=1S/C15H18O5/c1-9-7-10(16)8-14(2,3)15(9,18)12-6-5-11(20-12)13(17)19-4/h5-7,18H,8H2,1-4H3. The molecule has 1 aromatic rings. The van der Waals surface area contributed by atoms with Crippen LogP contribution in [-0.2, 0) is 15.1 Å². The topological polar surface area (TPSA) is 76.7 Å². The molecule has 20 heavy (non-hydrogen) atoms. The van der Waals surface area contributed by atoms with Gasteiger partial charge in [-0.05, 0) is 30.7 Å². The van der Waals surface area contributed by atoms with E-state index in [4.69, 9.17) is 4.42 Å². The Morgan fingerprint density at radius 2 is 2.05 bits per heavy atom. The van der Waals surface area contributed by atoms with Crippen LogP contribution in [0.2, 0.25) is 0 Å². The molecule has 1 atom stereocenters. The highest BCUT2D eigenvalue weighted by molar-refractivity contribution is 5.92. The molecule has 1 aliphatic rings. The first-order valence-corrected chi connectivity index (χ1v) is 6.35. The number of methoxy groups -OCH3 is 1. The van der Waals surface area contributed by atoms with Gasteiger partial charge in [-0.2, -0.15) is 0 Å². The second-order valence-electron chi connectivity index (χ2n) is 5.72. The van der Waals surface area contributed by atoms with Crippen LogP contribution in [0, 0.1) is 5.41 Å². The maximum Gasteiger partial charge on any atom is 0.373 e. The number of hydrogen-bond donors (Lipinski definition) is 1. The lowest BCUT2D eigenvalue weighted by Crippen LogP contribution is -2.46. The summed E-state index contributed by atoms with van der Waals surface area (Å²) in [5.41, 5.74) is -1.65. The molecule has 1 aromatic heterocycles. The fraction of sp³-hybridized carbons (Fsp3) is 0.467. The zero-order valence-corrected chi connectivity index (χ0v) is 12.0. The minimum absolute atomic E-state index is 0.0245. The predicted octanol–water partition coefficient (Wildman–Crippen LogP) is 2.20. The van der Waals surface area contributed by atoms with Crippen LogP contribution in [0.15, 0.2) is 28.2 Å². The average Bonchev–Trinajstić information content (AvgIpc) is 2.83. The first-order valence-electron chi connectivity index (χ1n) is 6.35. The average molecular weight is 278 g/mol. The second-order valence-corrected chi connectivity index (χ2v) is 5.72. The molecule has 0 amide bonds. The fourth-order valence-corrected chi connectivity index (χ4v) is 2.76. The minimum Gasteiger partial charge on any atom is -0.463 e. The van der Waals surface area contributed by atoms with E-state index in [0.29, 0.717) is 5.57 Å². The highest BCUT2D eigenvalue weighted by Gasteiger charge is 2.52. The molecule has 5 nitrogen and oxygen atoms in total. The van der Waals surface area contributed by atoms with Gasteiger partial charge in [0.25, 0.3) is 0 Å². The summed E-state index contributed by atoms with van der Waals surface area (Å²) in [7, 11) is 1.26. The Kier molecular flexibility index (Phi) is 3.34. The summed E-state index contributed by atoms with van der Waals surface area (Å²) in [6.07, 6.45) is 1.63. The van der Waals surface area contributed by atoms with Crippen LogP contribution in [0.4, 0.5) is 0 Å². The lowest BCUT2D eigenvalue weighted by atomic mass is 9.64. The first-order chi connectivity index (χ1) is 9.22. The number of ether oxygens (including phenoxy) is 1. The number of furan rings is 1. The van der Waals surface area contributed by atoms with Crippen molar-refractivity contribution in [2.75, 3.05) is 7.11 Å². The Hall–Kier alpha value is -1.88. The van der Waals surface area contributed by atoms with Gasteiger partial charge >= 0.3 is 5.97 Å². The number of aliphatic hydroxyl groups is 1. The van der Waals surface area contributed by atoms with Crippen molar-refractivity contribution in [2.45, 2.75) is 32.8 Å². The zero-order chi connectivity index (χ0) is 15.1. The molecule has 0 radical (unpaired) electrons. The molecule has 5 heteroatoms. The van der Waals surface area contributed by atoms with Gasteiger partial charge in [0.2, 0.25) is 5.76 Å². The lowest BCUT2D eigenvalue weighted by molar-refractivity contribution is -0.126. The van der Waals surface area contributed by atoms with Crippen LogP contribution in [0.3, 0.4) is 0 Å². The Morgan fingerprint density at radius 1 is 1.40 bits per heavy atom. The maximum absolute atomic E-state index is 11.7. The van der Waals surface area contributed by atoms with E-state index in [1.54, 1.807) is 26.8 Å². The van der Waals surface area contributed by atoms with E-state index in [1.165, 1.54) is 19.3 Å². The van der Waals surface area contributed by atoms with Gasteiger partial charge < -0.3 is 14.3 Å². The molecule has 1 unspecified atom stereocenters. The second kappa shape index (κ2) is 4.59. The van der Waals surface area contributed by atoms with Gasteiger partial charge in [0.05, 0.1) is 7.11 Å². The van der Waals surface area contributed by atoms with E-state index in [1.807, 2.05) is 0 Å². The molecule has 0 aromatic carbocycles. The molecule has 1 N–H and O–H groups in total. The fourth-order valence-electron chi connectivity index (χ4n) is 2.76. The molecule has 0 bridgehead atoms. The van der Waals surface area contributed by atoms with Crippen molar-refractivity contribution >= 4 is 11.8 Å². The SMILES string of the molecule is COC(=O)c1ccc(C2(O)C(C)=CC(=O)CC2(C)C)o1. The molecule has 1 aliphatic carbocycles. The smallest absolute Gasteiger partial charge is 0.373 e. The molecule has 1 heterocycles. The van der Waals surface area contributed by atoms with Crippen LogP contribution in [0.25, 0.3) is 0 Å². The summed E-state index contributed by atoms with van der Waals surface area (Å²) in [6.45, 7) is 5.27. The zero-order valence-electron chi connectivity index (χ0n) is 12.0. The summed E-state index contributed by atoms with van der Waals surface area (Å²) in [6, 6.07) is 3.00. The number of carbonyl (C=O) groups is 2. The maximum atomic E-state index is 11.7. The Morgan fingerprint density at radius 3 is 2.60 bits per heavy atom. The van der Waals surface area contributed by atoms with Crippen molar-refractivity contribution in [3.05, 3.63) is 35.3 Å². The van der Waals surface area contributed by atoms with Crippen molar-refractivity contribution in [2.24, 2.45) is 5.41 Å². The third-order valence-electron chi connectivity index (χ3n) is 3.89. The molecule has 108 valence electrons. The van der Waals surface area contributed by atoms with Crippen LogP contribution in [0.5, 0.6) is 0 Å². The summed E-state index contributed by atoms with van der Waals surface area (Å²) in [4.78, 5) is 23.1. The van der Waals surface area contributed by atoms with Crippen LogP contribution in [-0.4, -0.2) is 24.0 Å². The van der Waals surface area contributed by atoms with E-state index in [2.05, 4.69) is 4.74 Å². The van der Waals surface area contributed by atoms with Gasteiger partial charge in [-0.25, -0.2) is 4.79 Å². The van der Waals surface area contributed by atoms with E-state index in [9.17, 15) is 14.7 Å².